The standard InChI is InChI=1S/C16H16ClNO3S/c1-2-18(14-6-4-3-5-7-14)16(19)12-22(20,21)15-10-8-13(17)9-11-15/h3-11H,2,12H2,1H3. The number of benzene rings is 2. The Kier molecular flexibility index (Phi) is 5.21. The normalized spacial score (nSPS) is 11.2. The smallest absolute Gasteiger partial charge is 0.242 e. The van der Waals surface area contributed by atoms with Gasteiger partial charge in [0, 0.05) is 17.3 Å². The molecule has 0 atom stereocenters. The van der Waals surface area contributed by atoms with E-state index in [1.165, 1.54) is 29.2 Å². The molecule has 0 fully saturated rings. The molecule has 0 aromatic heterocycles. The molecule has 0 saturated heterocycles. The van der Waals surface area contributed by atoms with E-state index in [1.54, 1.807) is 31.2 Å². The van der Waals surface area contributed by atoms with Crippen molar-refractivity contribution in [2.24, 2.45) is 0 Å². The molecule has 4 nitrogen and oxygen atoms in total. The molecule has 0 N–H and O–H groups in total. The third-order valence-electron chi connectivity index (χ3n) is 3.17. The van der Waals surface area contributed by atoms with E-state index in [1.807, 2.05) is 6.07 Å². The first-order valence-corrected chi connectivity index (χ1v) is 8.81. The number of anilines is 1. The molecule has 0 aliphatic carbocycles. The van der Waals surface area contributed by atoms with Crippen molar-refractivity contribution in [1.82, 2.24) is 0 Å². The van der Waals surface area contributed by atoms with E-state index < -0.39 is 21.5 Å². The molecule has 6 heteroatoms. The summed E-state index contributed by atoms with van der Waals surface area (Å²) in [5.74, 6) is -1.03. The topological polar surface area (TPSA) is 54.5 Å². The molecule has 1 amide bonds. The number of halogens is 1. The van der Waals surface area contributed by atoms with Crippen LogP contribution in [0, 0.1) is 0 Å². The highest BCUT2D eigenvalue weighted by Crippen LogP contribution is 2.18. The first-order chi connectivity index (χ1) is 10.4. The molecular weight excluding hydrogens is 322 g/mol. The number of rotatable bonds is 5. The molecule has 2 rings (SSSR count). The zero-order valence-electron chi connectivity index (χ0n) is 12.1. The maximum atomic E-state index is 12.4. The number of hydrogen-bond donors (Lipinski definition) is 0. The first kappa shape index (κ1) is 16.5. The summed E-state index contributed by atoms with van der Waals surface area (Å²) in [6, 6.07) is 14.8. The monoisotopic (exact) mass is 337 g/mol. The van der Waals surface area contributed by atoms with Crippen LogP contribution in [0.15, 0.2) is 59.5 Å². The van der Waals surface area contributed by atoms with Gasteiger partial charge in [0.2, 0.25) is 5.91 Å². The molecule has 0 spiro atoms. The summed E-state index contributed by atoms with van der Waals surface area (Å²) in [4.78, 5) is 13.9. The van der Waals surface area contributed by atoms with E-state index in [2.05, 4.69) is 0 Å². The lowest BCUT2D eigenvalue weighted by molar-refractivity contribution is -0.116. The highest BCUT2D eigenvalue weighted by Gasteiger charge is 2.23. The molecule has 0 radical (unpaired) electrons. The second-order valence-electron chi connectivity index (χ2n) is 4.69. The molecule has 0 saturated carbocycles. The van der Waals surface area contributed by atoms with Crippen molar-refractivity contribution in [2.45, 2.75) is 11.8 Å². The number of hydrogen-bond acceptors (Lipinski definition) is 3. The Balaban J connectivity index is 2.21. The van der Waals surface area contributed by atoms with Crippen LogP contribution >= 0.6 is 11.6 Å². The molecule has 0 bridgehead atoms. The molecular formula is C16H16ClNO3S. The summed E-state index contributed by atoms with van der Waals surface area (Å²) >= 11 is 5.75. The van der Waals surface area contributed by atoms with Gasteiger partial charge in [0.05, 0.1) is 4.90 Å². The van der Waals surface area contributed by atoms with Gasteiger partial charge < -0.3 is 4.90 Å². The first-order valence-electron chi connectivity index (χ1n) is 6.78. The zero-order valence-corrected chi connectivity index (χ0v) is 13.6. The summed E-state index contributed by atoms with van der Waals surface area (Å²) in [5.41, 5.74) is 0.682. The summed E-state index contributed by atoms with van der Waals surface area (Å²) < 4.78 is 24.6. The Morgan fingerprint density at radius 3 is 2.18 bits per heavy atom. The van der Waals surface area contributed by atoms with Gasteiger partial charge in [-0.1, -0.05) is 29.8 Å². The van der Waals surface area contributed by atoms with Crippen LogP contribution in [0.2, 0.25) is 5.02 Å². The Bertz CT molecular complexity index is 743. The van der Waals surface area contributed by atoms with Gasteiger partial charge in [-0.25, -0.2) is 8.42 Å². The third kappa shape index (κ3) is 3.87. The van der Waals surface area contributed by atoms with Crippen molar-refractivity contribution in [2.75, 3.05) is 17.2 Å². The fourth-order valence-corrected chi connectivity index (χ4v) is 3.40. The van der Waals surface area contributed by atoms with E-state index in [-0.39, 0.29) is 4.90 Å². The Morgan fingerprint density at radius 2 is 1.64 bits per heavy atom. The highest BCUT2D eigenvalue weighted by molar-refractivity contribution is 7.92. The number of nitrogens with zero attached hydrogens (tertiary/aromatic N) is 1. The molecule has 0 aliphatic heterocycles. The van der Waals surface area contributed by atoms with Crippen molar-refractivity contribution in [1.29, 1.82) is 0 Å². The summed E-state index contributed by atoms with van der Waals surface area (Å²) in [7, 11) is -3.69. The lowest BCUT2D eigenvalue weighted by Crippen LogP contribution is -2.35. The van der Waals surface area contributed by atoms with E-state index >= 15 is 0 Å². The van der Waals surface area contributed by atoms with Crippen LogP contribution in [0.1, 0.15) is 6.92 Å². The van der Waals surface area contributed by atoms with E-state index in [9.17, 15) is 13.2 Å². The number of amides is 1. The quantitative estimate of drug-likeness (QED) is 0.842. The Morgan fingerprint density at radius 1 is 1.05 bits per heavy atom. The predicted octanol–water partition coefficient (Wildman–Crippen LogP) is 3.17. The van der Waals surface area contributed by atoms with Crippen molar-refractivity contribution < 1.29 is 13.2 Å². The largest absolute Gasteiger partial charge is 0.312 e. The summed E-state index contributed by atoms with van der Waals surface area (Å²) in [6.07, 6.45) is 0. The van der Waals surface area contributed by atoms with E-state index in [0.717, 1.165) is 0 Å². The van der Waals surface area contributed by atoms with Crippen LogP contribution in [0.4, 0.5) is 5.69 Å². The minimum absolute atomic E-state index is 0.0920. The second kappa shape index (κ2) is 6.94. The number of carbonyl (C=O) groups is 1. The van der Waals surface area contributed by atoms with Gasteiger partial charge in [-0.05, 0) is 43.3 Å². The summed E-state index contributed by atoms with van der Waals surface area (Å²) in [6.45, 7) is 2.21. The van der Waals surface area contributed by atoms with Gasteiger partial charge in [-0.15, -0.1) is 0 Å². The lowest BCUT2D eigenvalue weighted by atomic mass is 10.3. The molecule has 0 heterocycles. The Labute approximate surface area is 135 Å². The average Bonchev–Trinajstić information content (AvgIpc) is 2.49. The number of sulfone groups is 1. The maximum absolute atomic E-state index is 12.4. The SMILES string of the molecule is CCN(C(=O)CS(=O)(=O)c1ccc(Cl)cc1)c1ccccc1. The Hall–Kier alpha value is -1.85. The van der Waals surface area contributed by atoms with Crippen molar-refractivity contribution in [3.63, 3.8) is 0 Å². The molecule has 116 valence electrons. The van der Waals surface area contributed by atoms with Crippen molar-refractivity contribution in [3.8, 4) is 0 Å². The molecule has 0 aliphatic rings. The molecule has 2 aromatic rings. The van der Waals surface area contributed by atoms with Gasteiger partial charge in [-0.3, -0.25) is 4.79 Å². The lowest BCUT2D eigenvalue weighted by Gasteiger charge is -2.21. The van der Waals surface area contributed by atoms with E-state index in [0.29, 0.717) is 17.3 Å². The van der Waals surface area contributed by atoms with Crippen LogP contribution < -0.4 is 4.90 Å². The fourth-order valence-electron chi connectivity index (χ4n) is 2.08. The van der Waals surface area contributed by atoms with Crippen molar-refractivity contribution in [3.05, 3.63) is 59.6 Å². The van der Waals surface area contributed by atoms with E-state index in [4.69, 9.17) is 11.6 Å². The average molecular weight is 338 g/mol. The summed E-state index contributed by atoms with van der Waals surface area (Å²) in [5, 5.41) is 0.449. The number of carbonyl (C=O) groups excluding carboxylic acids is 1. The minimum Gasteiger partial charge on any atom is -0.312 e. The molecule has 22 heavy (non-hydrogen) atoms. The van der Waals surface area contributed by atoms with Gasteiger partial charge in [0.15, 0.2) is 9.84 Å². The van der Waals surface area contributed by atoms with Crippen LogP contribution in [-0.4, -0.2) is 26.6 Å². The molecule has 0 unspecified atom stereocenters. The third-order valence-corrected chi connectivity index (χ3v) is 5.04. The zero-order chi connectivity index (χ0) is 16.2. The van der Waals surface area contributed by atoms with Gasteiger partial charge in [0.25, 0.3) is 0 Å². The van der Waals surface area contributed by atoms with Crippen LogP contribution in [-0.2, 0) is 14.6 Å². The predicted molar refractivity (Wildman–Crippen MR) is 88.0 cm³/mol. The highest BCUT2D eigenvalue weighted by atomic mass is 35.5. The van der Waals surface area contributed by atoms with Crippen LogP contribution in [0.25, 0.3) is 0 Å². The second-order valence-corrected chi connectivity index (χ2v) is 7.11. The van der Waals surface area contributed by atoms with Gasteiger partial charge in [0.1, 0.15) is 5.75 Å². The van der Waals surface area contributed by atoms with Crippen LogP contribution in [0.5, 0.6) is 0 Å². The number of para-hydroxylation sites is 1. The van der Waals surface area contributed by atoms with Crippen molar-refractivity contribution >= 4 is 33.0 Å². The van der Waals surface area contributed by atoms with Gasteiger partial charge >= 0.3 is 0 Å². The minimum atomic E-state index is -3.69. The fraction of sp³-hybridized carbons (Fsp3) is 0.188. The van der Waals surface area contributed by atoms with Crippen LogP contribution in [0.3, 0.4) is 0 Å². The maximum Gasteiger partial charge on any atom is 0.242 e. The molecule has 2 aromatic carbocycles. The van der Waals surface area contributed by atoms with Gasteiger partial charge in [-0.2, -0.15) is 0 Å².